The van der Waals surface area contributed by atoms with Gasteiger partial charge in [-0.2, -0.15) is 8.42 Å². The van der Waals surface area contributed by atoms with E-state index in [2.05, 4.69) is 14.2 Å². The van der Waals surface area contributed by atoms with Crippen molar-refractivity contribution in [3.05, 3.63) is 22.1 Å². The van der Waals surface area contributed by atoms with Crippen LogP contribution in [0.4, 0.5) is 5.82 Å². The van der Waals surface area contributed by atoms with Crippen molar-refractivity contribution in [2.75, 3.05) is 12.9 Å². The minimum atomic E-state index is -3.66. The van der Waals surface area contributed by atoms with Gasteiger partial charge in [0.15, 0.2) is 0 Å². The molecule has 1 aromatic heterocycles. The molecule has 1 aromatic rings. The molecule has 10 heteroatoms. The number of aromatic nitrogens is 2. The van der Waals surface area contributed by atoms with Crippen molar-refractivity contribution < 1.29 is 22.6 Å². The van der Waals surface area contributed by atoms with Crippen LogP contribution in [-0.2, 0) is 20.7 Å². The number of nitro groups is 1. The molecule has 18 heavy (non-hydrogen) atoms. The number of aromatic amines is 1. The van der Waals surface area contributed by atoms with Gasteiger partial charge >= 0.3 is 5.82 Å². The van der Waals surface area contributed by atoms with Crippen LogP contribution in [0.25, 0.3) is 0 Å². The summed E-state index contributed by atoms with van der Waals surface area (Å²) in [5.41, 5.74) is -1.51. The average molecular weight is 279 g/mol. The van der Waals surface area contributed by atoms with E-state index in [1.54, 1.807) is 0 Å². The second-order valence-corrected chi connectivity index (χ2v) is 5.75. The van der Waals surface area contributed by atoms with Gasteiger partial charge in [-0.05, 0) is 16.8 Å². The van der Waals surface area contributed by atoms with Crippen molar-refractivity contribution in [3.8, 4) is 0 Å². The zero-order chi connectivity index (χ0) is 14.0. The fourth-order valence-electron chi connectivity index (χ4n) is 1.18. The molecule has 1 rings (SSSR count). The Morgan fingerprint density at radius 1 is 1.67 bits per heavy atom. The number of nitrogens with one attached hydrogen (secondary N) is 1. The predicted molar refractivity (Wildman–Crippen MR) is 60.4 cm³/mol. The lowest BCUT2D eigenvalue weighted by Gasteiger charge is -2.19. The molecule has 9 nitrogen and oxygen atoms in total. The number of H-pyrrole nitrogens is 1. The second kappa shape index (κ2) is 5.00. The maximum absolute atomic E-state index is 10.8. The monoisotopic (exact) mass is 279 g/mol. The fraction of sp³-hybridized carbons (Fsp3) is 0.625. The van der Waals surface area contributed by atoms with Crippen LogP contribution in [0.5, 0.6) is 0 Å². The number of hydrogen-bond donors (Lipinski definition) is 2. The lowest BCUT2D eigenvalue weighted by Crippen LogP contribution is -2.34. The topological polar surface area (TPSA) is 135 Å². The minimum Gasteiger partial charge on any atom is -0.387 e. The van der Waals surface area contributed by atoms with Crippen LogP contribution in [-0.4, -0.2) is 46.9 Å². The first-order chi connectivity index (χ1) is 8.09. The Kier molecular flexibility index (Phi) is 4.04. The first-order valence-corrected chi connectivity index (χ1v) is 6.66. The summed E-state index contributed by atoms with van der Waals surface area (Å²) in [7, 11) is -3.66. The highest BCUT2D eigenvalue weighted by molar-refractivity contribution is 7.85. The molecular formula is C8H13N3O6S. The standard InChI is InChI=1S/C8H13N3O6S/c1-8(12,5-17-18(2,15)16)3-6-9-4-7(10-6)11(13)14/h4,12H,3,5H2,1-2H3,(H,9,10). The van der Waals surface area contributed by atoms with Crippen molar-refractivity contribution >= 4 is 15.9 Å². The van der Waals surface area contributed by atoms with Gasteiger partial charge in [-0.25, -0.2) is 0 Å². The molecule has 1 heterocycles. The molecule has 0 spiro atoms. The van der Waals surface area contributed by atoms with E-state index >= 15 is 0 Å². The highest BCUT2D eigenvalue weighted by atomic mass is 32.2. The Balaban J connectivity index is 2.66. The molecule has 0 aliphatic carbocycles. The zero-order valence-corrected chi connectivity index (χ0v) is 10.6. The van der Waals surface area contributed by atoms with Gasteiger partial charge in [-0.3, -0.25) is 4.18 Å². The SMILES string of the molecule is CC(O)(COS(C)(=O)=O)Cc1nc([N+](=O)[O-])c[nH]1. The molecule has 0 bridgehead atoms. The van der Waals surface area contributed by atoms with E-state index in [4.69, 9.17) is 0 Å². The quantitative estimate of drug-likeness (QED) is 0.410. The number of rotatable bonds is 6. The van der Waals surface area contributed by atoms with Crippen LogP contribution in [0, 0.1) is 10.1 Å². The Hall–Kier alpha value is -1.52. The van der Waals surface area contributed by atoms with Gasteiger partial charge in [-0.1, -0.05) is 0 Å². The minimum absolute atomic E-state index is 0.101. The smallest absolute Gasteiger partial charge is 0.381 e. The van der Waals surface area contributed by atoms with Crippen LogP contribution >= 0.6 is 0 Å². The molecular weight excluding hydrogens is 266 g/mol. The van der Waals surface area contributed by atoms with Gasteiger partial charge in [0.2, 0.25) is 5.82 Å². The number of imidazole rings is 1. The summed E-state index contributed by atoms with van der Waals surface area (Å²) in [6.07, 6.45) is 1.85. The van der Waals surface area contributed by atoms with Crippen LogP contribution in [0.15, 0.2) is 6.20 Å². The van der Waals surface area contributed by atoms with E-state index in [0.717, 1.165) is 12.5 Å². The number of aliphatic hydroxyl groups is 1. The Labute approximate surface area is 103 Å². The van der Waals surface area contributed by atoms with Crippen molar-refractivity contribution in [2.45, 2.75) is 18.9 Å². The van der Waals surface area contributed by atoms with Crippen molar-refractivity contribution in [1.29, 1.82) is 0 Å². The summed E-state index contributed by atoms with van der Waals surface area (Å²) >= 11 is 0. The molecule has 0 aliphatic heterocycles. The summed E-state index contributed by atoms with van der Waals surface area (Å²) in [5.74, 6) is -0.200. The normalized spacial score (nSPS) is 15.3. The second-order valence-electron chi connectivity index (χ2n) is 4.10. The summed E-state index contributed by atoms with van der Waals surface area (Å²) < 4.78 is 26.0. The predicted octanol–water partition coefficient (Wildman–Crippen LogP) is -0.412. The van der Waals surface area contributed by atoms with E-state index in [1.165, 1.54) is 6.92 Å². The van der Waals surface area contributed by atoms with E-state index in [9.17, 15) is 23.6 Å². The van der Waals surface area contributed by atoms with Crippen molar-refractivity contribution in [2.24, 2.45) is 0 Å². The molecule has 0 amide bonds. The summed E-state index contributed by atoms with van der Waals surface area (Å²) in [6, 6.07) is 0. The third kappa shape index (κ3) is 4.77. The van der Waals surface area contributed by atoms with E-state index in [-0.39, 0.29) is 18.1 Å². The van der Waals surface area contributed by atoms with Crippen molar-refractivity contribution in [3.63, 3.8) is 0 Å². The van der Waals surface area contributed by atoms with Crippen LogP contribution < -0.4 is 0 Å². The maximum Gasteiger partial charge on any atom is 0.381 e. The van der Waals surface area contributed by atoms with Gasteiger partial charge in [-0.15, -0.1) is 0 Å². The molecule has 102 valence electrons. The summed E-state index contributed by atoms with van der Waals surface area (Å²) in [6.45, 7) is 0.882. The summed E-state index contributed by atoms with van der Waals surface area (Å²) in [5, 5.41) is 20.3. The number of hydrogen-bond acceptors (Lipinski definition) is 7. The molecule has 0 aliphatic rings. The van der Waals surface area contributed by atoms with Gasteiger partial charge in [0.25, 0.3) is 10.1 Å². The molecule has 2 N–H and O–H groups in total. The molecule has 0 saturated carbocycles. The largest absolute Gasteiger partial charge is 0.387 e. The first-order valence-electron chi connectivity index (χ1n) is 4.84. The Morgan fingerprint density at radius 2 is 2.28 bits per heavy atom. The molecule has 0 aromatic carbocycles. The third-order valence-electron chi connectivity index (χ3n) is 1.94. The molecule has 1 atom stereocenters. The molecule has 0 saturated heterocycles. The van der Waals surface area contributed by atoms with Crippen molar-refractivity contribution in [1.82, 2.24) is 9.97 Å². The highest BCUT2D eigenvalue weighted by Gasteiger charge is 2.28. The van der Waals surface area contributed by atoms with Gasteiger partial charge in [0.1, 0.15) is 6.20 Å². The summed E-state index contributed by atoms with van der Waals surface area (Å²) in [4.78, 5) is 15.9. The van der Waals surface area contributed by atoms with E-state index in [0.29, 0.717) is 0 Å². The van der Waals surface area contributed by atoms with Crippen LogP contribution in [0.3, 0.4) is 0 Å². The van der Waals surface area contributed by atoms with E-state index < -0.39 is 27.2 Å². The first kappa shape index (κ1) is 14.5. The van der Waals surface area contributed by atoms with E-state index in [1.807, 2.05) is 0 Å². The van der Waals surface area contributed by atoms with Crippen LogP contribution in [0.2, 0.25) is 0 Å². The van der Waals surface area contributed by atoms with Gasteiger partial charge in [0.05, 0.1) is 24.9 Å². The Morgan fingerprint density at radius 3 is 2.72 bits per heavy atom. The molecule has 1 unspecified atom stereocenters. The molecule has 0 fully saturated rings. The van der Waals surface area contributed by atoms with Gasteiger partial charge < -0.3 is 20.2 Å². The zero-order valence-electron chi connectivity index (χ0n) is 9.78. The highest BCUT2D eigenvalue weighted by Crippen LogP contribution is 2.14. The average Bonchev–Trinajstić information content (AvgIpc) is 2.62. The maximum atomic E-state index is 10.8. The van der Waals surface area contributed by atoms with Gasteiger partial charge in [0, 0.05) is 0 Å². The van der Waals surface area contributed by atoms with Crippen LogP contribution in [0.1, 0.15) is 12.7 Å². The fourth-order valence-corrected chi connectivity index (χ4v) is 1.65. The third-order valence-corrected chi connectivity index (χ3v) is 2.48. The lowest BCUT2D eigenvalue weighted by molar-refractivity contribution is -0.389. The number of nitrogens with zero attached hydrogens (tertiary/aromatic N) is 2. The molecule has 0 radical (unpaired) electrons. The Bertz CT molecular complexity index is 535. The lowest BCUT2D eigenvalue weighted by atomic mass is 10.0.